The maximum atomic E-state index is 13.4. The number of hydrogen-bond donors (Lipinski definition) is 1. The molecule has 0 bridgehead atoms. The van der Waals surface area contributed by atoms with E-state index < -0.39 is 0 Å². The number of rotatable bonds is 4. The second kappa shape index (κ2) is 7.63. The summed E-state index contributed by atoms with van der Waals surface area (Å²) in [5.41, 5.74) is 5.77. The van der Waals surface area contributed by atoms with Crippen molar-refractivity contribution in [2.45, 2.75) is 13.0 Å². The van der Waals surface area contributed by atoms with Crippen molar-refractivity contribution in [1.82, 2.24) is 4.90 Å². The summed E-state index contributed by atoms with van der Waals surface area (Å²) >= 11 is 3.26. The van der Waals surface area contributed by atoms with Gasteiger partial charge < -0.3 is 10.6 Å². The van der Waals surface area contributed by atoms with E-state index in [0.717, 1.165) is 4.47 Å². The summed E-state index contributed by atoms with van der Waals surface area (Å²) in [7, 11) is 1.64. The third kappa shape index (κ3) is 5.02. The van der Waals surface area contributed by atoms with Crippen molar-refractivity contribution < 1.29 is 9.18 Å². The van der Waals surface area contributed by atoms with Crippen LogP contribution in [0.15, 0.2) is 22.7 Å². The molecule has 0 atom stereocenters. The van der Waals surface area contributed by atoms with E-state index in [9.17, 15) is 9.18 Å². The summed E-state index contributed by atoms with van der Waals surface area (Å²) in [6.45, 7) is 0.564. The summed E-state index contributed by atoms with van der Waals surface area (Å²) in [5, 5.41) is 0. The minimum absolute atomic E-state index is 0. The lowest BCUT2D eigenvalue weighted by Gasteiger charge is -2.17. The molecule has 0 radical (unpaired) electrons. The number of halogens is 3. The highest BCUT2D eigenvalue weighted by Gasteiger charge is 2.11. The Kier molecular flexibility index (Phi) is 7.34. The van der Waals surface area contributed by atoms with E-state index in [1.54, 1.807) is 19.2 Å². The van der Waals surface area contributed by atoms with Gasteiger partial charge in [0.15, 0.2) is 0 Å². The van der Waals surface area contributed by atoms with E-state index >= 15 is 0 Å². The fraction of sp³-hybridized carbons (Fsp3) is 0.364. The predicted molar refractivity (Wildman–Crippen MR) is 71.5 cm³/mol. The van der Waals surface area contributed by atoms with Crippen molar-refractivity contribution in [2.24, 2.45) is 5.73 Å². The molecule has 0 aliphatic carbocycles. The van der Waals surface area contributed by atoms with E-state index in [2.05, 4.69) is 15.9 Å². The van der Waals surface area contributed by atoms with Gasteiger partial charge in [0.05, 0.1) is 0 Å². The van der Waals surface area contributed by atoms with Gasteiger partial charge in [-0.1, -0.05) is 15.9 Å². The van der Waals surface area contributed by atoms with Gasteiger partial charge in [0.25, 0.3) is 0 Å². The van der Waals surface area contributed by atoms with Crippen LogP contribution in [0.25, 0.3) is 0 Å². The van der Waals surface area contributed by atoms with E-state index in [-0.39, 0.29) is 37.1 Å². The summed E-state index contributed by atoms with van der Waals surface area (Å²) in [6.07, 6.45) is 0.284. The Morgan fingerprint density at radius 2 is 2.18 bits per heavy atom. The Morgan fingerprint density at radius 3 is 2.76 bits per heavy atom. The quantitative estimate of drug-likeness (QED) is 0.923. The maximum absolute atomic E-state index is 13.4. The maximum Gasteiger partial charge on any atom is 0.223 e. The number of carbonyl (C=O) groups is 1. The minimum Gasteiger partial charge on any atom is -0.341 e. The van der Waals surface area contributed by atoms with Crippen LogP contribution in [0.3, 0.4) is 0 Å². The molecule has 0 saturated carbocycles. The standard InChI is InChI=1S/C11H14BrFN2O.ClH/c1-15(11(16)4-5-14)7-8-6-9(12)2-3-10(8)13;/h2-3,6H,4-5,7,14H2,1H3;1H. The van der Waals surface area contributed by atoms with Crippen molar-refractivity contribution >= 4 is 34.2 Å². The lowest BCUT2D eigenvalue weighted by molar-refractivity contribution is -0.130. The highest BCUT2D eigenvalue weighted by molar-refractivity contribution is 9.10. The first-order valence-corrected chi connectivity index (χ1v) is 5.72. The Bertz CT molecular complexity index is 390. The molecule has 1 aromatic carbocycles. The average Bonchev–Trinajstić information content (AvgIpc) is 2.23. The van der Waals surface area contributed by atoms with Crippen LogP contribution in [0.2, 0.25) is 0 Å². The van der Waals surface area contributed by atoms with Crippen LogP contribution in [-0.2, 0) is 11.3 Å². The van der Waals surface area contributed by atoms with Gasteiger partial charge in [0, 0.05) is 36.6 Å². The van der Waals surface area contributed by atoms with Crippen LogP contribution in [-0.4, -0.2) is 24.4 Å². The third-order valence-corrected chi connectivity index (χ3v) is 2.69. The van der Waals surface area contributed by atoms with Crippen molar-refractivity contribution in [3.8, 4) is 0 Å². The zero-order valence-electron chi connectivity index (χ0n) is 9.45. The summed E-state index contributed by atoms with van der Waals surface area (Å²) < 4.78 is 14.2. The van der Waals surface area contributed by atoms with Crippen LogP contribution in [0, 0.1) is 5.82 Å². The molecule has 1 rings (SSSR count). The molecule has 0 aliphatic rings. The number of hydrogen-bond acceptors (Lipinski definition) is 2. The van der Waals surface area contributed by atoms with Gasteiger partial charge in [0.2, 0.25) is 5.91 Å². The van der Waals surface area contributed by atoms with Crippen LogP contribution >= 0.6 is 28.3 Å². The molecule has 0 unspecified atom stereocenters. The number of benzene rings is 1. The predicted octanol–water partition coefficient (Wildman–Crippen LogP) is 2.32. The molecule has 96 valence electrons. The van der Waals surface area contributed by atoms with Crippen molar-refractivity contribution in [3.05, 3.63) is 34.1 Å². The normalized spacial score (nSPS) is 9.65. The lowest BCUT2D eigenvalue weighted by Crippen LogP contribution is -2.28. The van der Waals surface area contributed by atoms with Gasteiger partial charge in [-0.3, -0.25) is 4.79 Å². The van der Waals surface area contributed by atoms with E-state index in [0.29, 0.717) is 12.1 Å². The average molecular weight is 326 g/mol. The molecular formula is C11H15BrClFN2O. The number of carbonyl (C=O) groups excluding carboxylic acids is 1. The smallest absolute Gasteiger partial charge is 0.223 e. The van der Waals surface area contributed by atoms with Gasteiger partial charge in [-0.25, -0.2) is 4.39 Å². The van der Waals surface area contributed by atoms with Gasteiger partial charge in [-0.05, 0) is 18.2 Å². The molecule has 6 heteroatoms. The van der Waals surface area contributed by atoms with Crippen LogP contribution in [0.1, 0.15) is 12.0 Å². The SMILES string of the molecule is CN(Cc1cc(Br)ccc1F)C(=O)CCN.Cl. The Morgan fingerprint density at radius 1 is 1.53 bits per heavy atom. The largest absolute Gasteiger partial charge is 0.341 e. The first-order chi connectivity index (χ1) is 7.54. The van der Waals surface area contributed by atoms with Gasteiger partial charge in [-0.15, -0.1) is 12.4 Å². The molecule has 0 aliphatic heterocycles. The molecule has 0 fully saturated rings. The molecule has 3 nitrogen and oxygen atoms in total. The van der Waals surface area contributed by atoms with E-state index in [1.165, 1.54) is 11.0 Å². The summed E-state index contributed by atoms with van der Waals surface area (Å²) in [5.74, 6) is -0.391. The van der Waals surface area contributed by atoms with E-state index in [1.807, 2.05) is 0 Å². The first-order valence-electron chi connectivity index (χ1n) is 4.92. The fourth-order valence-corrected chi connectivity index (χ4v) is 1.73. The van der Waals surface area contributed by atoms with Crippen molar-refractivity contribution in [1.29, 1.82) is 0 Å². The van der Waals surface area contributed by atoms with Crippen LogP contribution < -0.4 is 5.73 Å². The molecule has 1 amide bonds. The monoisotopic (exact) mass is 324 g/mol. The number of nitrogens with two attached hydrogens (primary N) is 1. The topological polar surface area (TPSA) is 46.3 Å². The Labute approximate surface area is 115 Å². The van der Waals surface area contributed by atoms with Gasteiger partial charge >= 0.3 is 0 Å². The molecule has 2 N–H and O–H groups in total. The van der Waals surface area contributed by atoms with Crippen LogP contribution in [0.4, 0.5) is 4.39 Å². The summed E-state index contributed by atoms with van der Waals surface area (Å²) in [4.78, 5) is 12.9. The highest BCUT2D eigenvalue weighted by atomic mass is 79.9. The Balaban J connectivity index is 0.00000256. The van der Waals surface area contributed by atoms with Gasteiger partial charge in [0.1, 0.15) is 5.82 Å². The summed E-state index contributed by atoms with van der Waals surface area (Å²) in [6, 6.07) is 4.67. The molecule has 0 saturated heterocycles. The van der Waals surface area contributed by atoms with Crippen molar-refractivity contribution in [3.63, 3.8) is 0 Å². The van der Waals surface area contributed by atoms with Crippen molar-refractivity contribution in [2.75, 3.05) is 13.6 Å². The van der Waals surface area contributed by atoms with Crippen LogP contribution in [0.5, 0.6) is 0 Å². The highest BCUT2D eigenvalue weighted by Crippen LogP contribution is 2.16. The molecule has 0 heterocycles. The zero-order valence-corrected chi connectivity index (χ0v) is 11.9. The Hall–Kier alpha value is -0.650. The number of amides is 1. The first kappa shape index (κ1) is 16.4. The molecule has 0 aromatic heterocycles. The second-order valence-electron chi connectivity index (χ2n) is 3.52. The molecule has 1 aromatic rings. The molecule has 17 heavy (non-hydrogen) atoms. The zero-order chi connectivity index (χ0) is 12.1. The second-order valence-corrected chi connectivity index (χ2v) is 4.44. The number of nitrogens with zero attached hydrogens (tertiary/aromatic N) is 1. The van der Waals surface area contributed by atoms with E-state index in [4.69, 9.17) is 5.73 Å². The molecule has 0 spiro atoms. The molecular weight excluding hydrogens is 310 g/mol. The minimum atomic E-state index is -0.310. The fourth-order valence-electron chi connectivity index (χ4n) is 1.32. The third-order valence-electron chi connectivity index (χ3n) is 2.20. The lowest BCUT2D eigenvalue weighted by atomic mass is 10.2. The van der Waals surface area contributed by atoms with Gasteiger partial charge in [-0.2, -0.15) is 0 Å².